The van der Waals surface area contributed by atoms with Crippen LogP contribution in [0.2, 0.25) is 0 Å². The molecule has 1 aliphatic rings. The Bertz CT molecular complexity index is 600. The Hall–Kier alpha value is -1.64. The second-order valence-electron chi connectivity index (χ2n) is 5.69. The number of hydrogen-bond donors (Lipinski definition) is 3. The number of sulfonamides is 1. The molecule has 1 aromatic rings. The second-order valence-corrected chi connectivity index (χ2v) is 7.52. The van der Waals surface area contributed by atoms with Gasteiger partial charge in [-0.25, -0.2) is 17.9 Å². The first kappa shape index (κ1) is 17.7. The molecule has 1 saturated carbocycles. The van der Waals surface area contributed by atoms with Gasteiger partial charge in [0.05, 0.1) is 6.26 Å². The van der Waals surface area contributed by atoms with Crippen molar-refractivity contribution >= 4 is 16.1 Å². The van der Waals surface area contributed by atoms with E-state index in [9.17, 15) is 13.2 Å². The largest absolute Gasteiger partial charge is 0.445 e. The summed E-state index contributed by atoms with van der Waals surface area (Å²) in [5.74, 6) is 0. The van der Waals surface area contributed by atoms with E-state index in [0.717, 1.165) is 24.7 Å². The standard InChI is InChI=1S/C15H23N3O4S/c1-23(20,21)17-8-7-16-13-9-14(10-13)18-15(19)22-11-12-5-3-2-4-6-12/h2-6,13-14,16-17H,7-11H2,1H3,(H,18,19). The summed E-state index contributed by atoms with van der Waals surface area (Å²) in [4.78, 5) is 11.7. The first-order valence-corrected chi connectivity index (χ1v) is 9.47. The molecule has 0 bridgehead atoms. The topological polar surface area (TPSA) is 96.5 Å². The van der Waals surface area contributed by atoms with Gasteiger partial charge in [0.25, 0.3) is 0 Å². The minimum absolute atomic E-state index is 0.110. The zero-order valence-electron chi connectivity index (χ0n) is 13.1. The van der Waals surface area contributed by atoms with Gasteiger partial charge in [0.2, 0.25) is 10.0 Å². The molecule has 0 saturated heterocycles. The second kappa shape index (κ2) is 8.28. The van der Waals surface area contributed by atoms with Gasteiger partial charge in [0.15, 0.2) is 0 Å². The van der Waals surface area contributed by atoms with Crippen LogP contribution in [0.5, 0.6) is 0 Å². The van der Waals surface area contributed by atoms with Crippen molar-refractivity contribution in [2.75, 3.05) is 19.3 Å². The number of ether oxygens (including phenoxy) is 1. The Balaban J connectivity index is 1.53. The van der Waals surface area contributed by atoms with Crippen molar-refractivity contribution in [3.8, 4) is 0 Å². The van der Waals surface area contributed by atoms with Crippen molar-refractivity contribution in [2.24, 2.45) is 0 Å². The van der Waals surface area contributed by atoms with Crippen LogP contribution in [0.4, 0.5) is 4.79 Å². The number of amides is 1. The molecule has 2 rings (SSSR count). The average molecular weight is 341 g/mol. The first-order valence-electron chi connectivity index (χ1n) is 7.57. The molecule has 0 spiro atoms. The van der Waals surface area contributed by atoms with Crippen LogP contribution in [-0.2, 0) is 21.4 Å². The molecule has 3 N–H and O–H groups in total. The fraction of sp³-hybridized carbons (Fsp3) is 0.533. The number of rotatable bonds is 8. The molecule has 128 valence electrons. The minimum atomic E-state index is -3.13. The lowest BCUT2D eigenvalue weighted by molar-refractivity contribution is 0.125. The highest BCUT2D eigenvalue weighted by Gasteiger charge is 2.30. The number of carbonyl (C=O) groups is 1. The van der Waals surface area contributed by atoms with E-state index in [4.69, 9.17) is 4.74 Å². The lowest BCUT2D eigenvalue weighted by Gasteiger charge is -2.36. The van der Waals surface area contributed by atoms with E-state index in [0.29, 0.717) is 19.1 Å². The Kier molecular flexibility index (Phi) is 6.37. The van der Waals surface area contributed by atoms with Crippen molar-refractivity contribution in [3.05, 3.63) is 35.9 Å². The van der Waals surface area contributed by atoms with Gasteiger partial charge in [-0.05, 0) is 18.4 Å². The zero-order chi connectivity index (χ0) is 16.7. The van der Waals surface area contributed by atoms with Crippen molar-refractivity contribution in [2.45, 2.75) is 31.5 Å². The van der Waals surface area contributed by atoms with E-state index in [1.54, 1.807) is 0 Å². The summed E-state index contributed by atoms with van der Waals surface area (Å²) in [6.45, 7) is 1.20. The highest BCUT2D eigenvalue weighted by atomic mass is 32.2. The Morgan fingerprint density at radius 2 is 1.87 bits per heavy atom. The average Bonchev–Trinajstić information content (AvgIpc) is 2.46. The highest BCUT2D eigenvalue weighted by Crippen LogP contribution is 2.19. The summed E-state index contributed by atoms with van der Waals surface area (Å²) in [7, 11) is -3.13. The molecular formula is C15H23N3O4S. The molecule has 1 amide bonds. The van der Waals surface area contributed by atoms with Gasteiger partial charge in [-0.3, -0.25) is 0 Å². The van der Waals surface area contributed by atoms with Gasteiger partial charge in [0, 0.05) is 25.2 Å². The van der Waals surface area contributed by atoms with E-state index in [1.165, 1.54) is 0 Å². The van der Waals surface area contributed by atoms with Crippen LogP contribution in [0, 0.1) is 0 Å². The number of benzene rings is 1. The van der Waals surface area contributed by atoms with Crippen LogP contribution >= 0.6 is 0 Å². The molecule has 0 radical (unpaired) electrons. The van der Waals surface area contributed by atoms with E-state index in [2.05, 4.69) is 15.4 Å². The smallest absolute Gasteiger partial charge is 0.407 e. The molecule has 0 heterocycles. The van der Waals surface area contributed by atoms with Crippen LogP contribution in [0.15, 0.2) is 30.3 Å². The Morgan fingerprint density at radius 3 is 2.52 bits per heavy atom. The fourth-order valence-electron chi connectivity index (χ4n) is 2.35. The molecule has 1 aliphatic carbocycles. The molecule has 1 fully saturated rings. The van der Waals surface area contributed by atoms with Crippen molar-refractivity contribution in [3.63, 3.8) is 0 Å². The van der Waals surface area contributed by atoms with Crippen LogP contribution in [0.1, 0.15) is 18.4 Å². The third-order valence-electron chi connectivity index (χ3n) is 3.60. The third-order valence-corrected chi connectivity index (χ3v) is 4.32. The number of carbonyl (C=O) groups excluding carboxylic acids is 1. The maximum absolute atomic E-state index is 11.7. The summed E-state index contributed by atoms with van der Waals surface area (Å²) >= 11 is 0. The van der Waals surface area contributed by atoms with E-state index in [-0.39, 0.29) is 12.6 Å². The lowest BCUT2D eigenvalue weighted by atomic mass is 9.87. The van der Waals surface area contributed by atoms with Crippen molar-refractivity contribution in [1.82, 2.24) is 15.4 Å². The molecule has 1 aromatic carbocycles. The van der Waals surface area contributed by atoms with Crippen molar-refractivity contribution in [1.29, 1.82) is 0 Å². The van der Waals surface area contributed by atoms with Gasteiger partial charge >= 0.3 is 6.09 Å². The monoisotopic (exact) mass is 341 g/mol. The van der Waals surface area contributed by atoms with Gasteiger partial charge in [-0.1, -0.05) is 30.3 Å². The minimum Gasteiger partial charge on any atom is -0.445 e. The maximum Gasteiger partial charge on any atom is 0.407 e. The molecular weight excluding hydrogens is 318 g/mol. The SMILES string of the molecule is CS(=O)(=O)NCCNC1CC(NC(=O)OCc2ccccc2)C1. The molecule has 8 heteroatoms. The highest BCUT2D eigenvalue weighted by molar-refractivity contribution is 7.88. The van der Waals surface area contributed by atoms with Crippen LogP contribution in [0.3, 0.4) is 0 Å². The fourth-order valence-corrected chi connectivity index (χ4v) is 2.82. The summed E-state index contributed by atoms with van der Waals surface area (Å²) in [6, 6.07) is 9.93. The normalized spacial score (nSPS) is 20.6. The predicted molar refractivity (Wildman–Crippen MR) is 87.4 cm³/mol. The molecule has 0 aromatic heterocycles. The third kappa shape index (κ3) is 6.98. The molecule has 0 aliphatic heterocycles. The number of nitrogens with one attached hydrogen (secondary N) is 3. The number of alkyl carbamates (subject to hydrolysis) is 1. The Labute approximate surface area is 136 Å². The maximum atomic E-state index is 11.7. The molecule has 7 nitrogen and oxygen atoms in total. The lowest BCUT2D eigenvalue weighted by Crippen LogP contribution is -2.53. The van der Waals surface area contributed by atoms with Gasteiger partial charge in [0.1, 0.15) is 6.61 Å². The Morgan fingerprint density at radius 1 is 1.17 bits per heavy atom. The summed E-state index contributed by atoms with van der Waals surface area (Å²) in [5, 5.41) is 6.05. The van der Waals surface area contributed by atoms with Crippen LogP contribution in [0.25, 0.3) is 0 Å². The molecule has 23 heavy (non-hydrogen) atoms. The van der Waals surface area contributed by atoms with E-state index < -0.39 is 16.1 Å². The van der Waals surface area contributed by atoms with E-state index in [1.807, 2.05) is 30.3 Å². The summed E-state index contributed by atoms with van der Waals surface area (Å²) in [6.07, 6.45) is 2.37. The quantitative estimate of drug-likeness (QED) is 0.601. The van der Waals surface area contributed by atoms with Crippen LogP contribution < -0.4 is 15.4 Å². The van der Waals surface area contributed by atoms with Crippen LogP contribution in [-0.4, -0.2) is 45.9 Å². The van der Waals surface area contributed by atoms with Gasteiger partial charge in [-0.15, -0.1) is 0 Å². The van der Waals surface area contributed by atoms with Gasteiger partial charge < -0.3 is 15.4 Å². The molecule has 0 unspecified atom stereocenters. The van der Waals surface area contributed by atoms with E-state index >= 15 is 0 Å². The molecule has 0 atom stereocenters. The first-order chi connectivity index (χ1) is 10.9. The number of hydrogen-bond acceptors (Lipinski definition) is 5. The summed E-state index contributed by atoms with van der Waals surface area (Å²) < 4.78 is 29.4. The van der Waals surface area contributed by atoms with Crippen molar-refractivity contribution < 1.29 is 17.9 Å². The van der Waals surface area contributed by atoms with Gasteiger partial charge in [-0.2, -0.15) is 0 Å². The zero-order valence-corrected chi connectivity index (χ0v) is 13.9. The summed E-state index contributed by atoms with van der Waals surface area (Å²) in [5.41, 5.74) is 0.953. The predicted octanol–water partition coefficient (Wildman–Crippen LogP) is 0.583.